The molecule has 148 valence electrons. The summed E-state index contributed by atoms with van der Waals surface area (Å²) in [5.41, 5.74) is 3.53. The van der Waals surface area contributed by atoms with Gasteiger partial charge in [0.25, 0.3) is 5.91 Å². The van der Waals surface area contributed by atoms with Gasteiger partial charge in [-0.3, -0.25) is 4.79 Å². The molecule has 1 heterocycles. The highest BCUT2D eigenvalue weighted by molar-refractivity contribution is 5.96. The number of phenols is 1. The highest BCUT2D eigenvalue weighted by atomic mass is 16.5. The van der Waals surface area contributed by atoms with Gasteiger partial charge >= 0.3 is 0 Å². The van der Waals surface area contributed by atoms with E-state index in [1.807, 2.05) is 36.4 Å². The molecule has 5 nitrogen and oxygen atoms in total. The number of rotatable bonds is 5. The monoisotopic (exact) mass is 381 g/mol. The lowest BCUT2D eigenvalue weighted by atomic mass is 9.87. The van der Waals surface area contributed by atoms with Gasteiger partial charge in [0.1, 0.15) is 5.75 Å². The molecule has 4 rings (SSSR count). The first-order valence-electron chi connectivity index (χ1n) is 10.1. The maximum atomic E-state index is 13.0. The highest BCUT2D eigenvalue weighted by Gasteiger charge is 2.25. The van der Waals surface area contributed by atoms with Crippen molar-refractivity contribution in [3.63, 3.8) is 0 Å². The van der Waals surface area contributed by atoms with E-state index >= 15 is 0 Å². The van der Waals surface area contributed by atoms with Gasteiger partial charge in [-0.05, 0) is 60.9 Å². The molecule has 2 aromatic carbocycles. The fourth-order valence-electron chi connectivity index (χ4n) is 4.13. The number of carbonyl (C=O) groups is 1. The summed E-state index contributed by atoms with van der Waals surface area (Å²) in [6.45, 7) is 1.90. The van der Waals surface area contributed by atoms with Gasteiger partial charge in [-0.1, -0.05) is 30.3 Å². The van der Waals surface area contributed by atoms with E-state index in [1.54, 1.807) is 6.07 Å². The normalized spacial score (nSPS) is 19.8. The highest BCUT2D eigenvalue weighted by Crippen LogP contribution is 2.34. The Morgan fingerprint density at radius 1 is 1.11 bits per heavy atom. The quantitative estimate of drug-likeness (QED) is 0.824. The predicted octanol–water partition coefficient (Wildman–Crippen LogP) is 3.90. The molecule has 1 unspecified atom stereocenters. The van der Waals surface area contributed by atoms with E-state index in [1.165, 1.54) is 0 Å². The van der Waals surface area contributed by atoms with Crippen molar-refractivity contribution in [1.82, 2.24) is 5.32 Å². The number of benzene rings is 2. The van der Waals surface area contributed by atoms with Crippen molar-refractivity contribution in [2.45, 2.75) is 50.9 Å². The molecular formula is C23H27NO4. The maximum Gasteiger partial charge on any atom is 0.252 e. The average Bonchev–Trinajstić information content (AvgIpc) is 2.74. The van der Waals surface area contributed by atoms with Crippen molar-refractivity contribution < 1.29 is 19.4 Å². The Kier molecular flexibility index (Phi) is 5.93. The Morgan fingerprint density at radius 2 is 1.93 bits per heavy atom. The molecule has 1 aliphatic carbocycles. The molecule has 28 heavy (non-hydrogen) atoms. The molecular weight excluding hydrogens is 354 g/mol. The van der Waals surface area contributed by atoms with Gasteiger partial charge in [-0.25, -0.2) is 0 Å². The number of phenolic OH excluding ortho intramolecular Hbond substituents is 1. The van der Waals surface area contributed by atoms with Crippen LogP contribution >= 0.6 is 0 Å². The van der Waals surface area contributed by atoms with E-state index in [4.69, 9.17) is 9.47 Å². The minimum atomic E-state index is -0.0904. The second-order valence-corrected chi connectivity index (χ2v) is 7.54. The topological polar surface area (TPSA) is 67.8 Å². The molecule has 2 aliphatic rings. The lowest BCUT2D eigenvalue weighted by Crippen LogP contribution is -2.32. The van der Waals surface area contributed by atoms with E-state index in [0.717, 1.165) is 62.0 Å². The van der Waals surface area contributed by atoms with Crippen LogP contribution in [-0.4, -0.2) is 30.3 Å². The van der Waals surface area contributed by atoms with Crippen molar-refractivity contribution in [3.05, 3.63) is 64.7 Å². The molecule has 0 bridgehead atoms. The van der Waals surface area contributed by atoms with Crippen molar-refractivity contribution in [1.29, 1.82) is 0 Å². The third kappa shape index (κ3) is 4.21. The van der Waals surface area contributed by atoms with Gasteiger partial charge in [-0.15, -0.1) is 0 Å². The predicted molar refractivity (Wildman–Crippen MR) is 106 cm³/mol. The van der Waals surface area contributed by atoms with Crippen molar-refractivity contribution in [2.24, 2.45) is 0 Å². The summed E-state index contributed by atoms with van der Waals surface area (Å²) >= 11 is 0. The summed E-state index contributed by atoms with van der Waals surface area (Å²) in [7, 11) is 0. The van der Waals surface area contributed by atoms with E-state index < -0.39 is 0 Å². The Bertz CT molecular complexity index is 829. The molecule has 1 saturated heterocycles. The minimum Gasteiger partial charge on any atom is -0.508 e. The summed E-state index contributed by atoms with van der Waals surface area (Å²) in [6.07, 6.45) is 4.67. The SMILES string of the molecule is O=C(NC1CCCc2c(O)cccc21)c1ccccc1COC1CCOCC1. The molecule has 1 aliphatic heterocycles. The van der Waals surface area contributed by atoms with Crippen LogP contribution in [0.25, 0.3) is 0 Å². The van der Waals surface area contributed by atoms with Crippen molar-refractivity contribution in [2.75, 3.05) is 13.2 Å². The van der Waals surface area contributed by atoms with E-state index in [9.17, 15) is 9.90 Å². The van der Waals surface area contributed by atoms with Gasteiger partial charge in [0.05, 0.1) is 18.8 Å². The average molecular weight is 381 g/mol. The molecule has 0 saturated carbocycles. The smallest absolute Gasteiger partial charge is 0.252 e. The minimum absolute atomic E-state index is 0.0761. The van der Waals surface area contributed by atoms with Crippen LogP contribution in [0.5, 0.6) is 5.75 Å². The molecule has 5 heteroatoms. The van der Waals surface area contributed by atoms with Crippen LogP contribution in [0.15, 0.2) is 42.5 Å². The lowest BCUT2D eigenvalue weighted by molar-refractivity contribution is -0.0392. The molecule has 1 amide bonds. The number of ether oxygens (including phenoxy) is 2. The number of hydrogen-bond acceptors (Lipinski definition) is 4. The fraction of sp³-hybridized carbons (Fsp3) is 0.435. The summed E-state index contributed by atoms with van der Waals surface area (Å²) in [6, 6.07) is 13.1. The third-order valence-corrected chi connectivity index (χ3v) is 5.69. The Morgan fingerprint density at radius 3 is 2.79 bits per heavy atom. The molecule has 1 fully saturated rings. The summed E-state index contributed by atoms with van der Waals surface area (Å²) in [4.78, 5) is 13.0. The van der Waals surface area contributed by atoms with Gasteiger partial charge < -0.3 is 19.9 Å². The van der Waals surface area contributed by atoms with Crippen molar-refractivity contribution in [3.8, 4) is 5.75 Å². The zero-order chi connectivity index (χ0) is 19.3. The summed E-state index contributed by atoms with van der Waals surface area (Å²) < 4.78 is 11.4. The first-order valence-corrected chi connectivity index (χ1v) is 10.1. The van der Waals surface area contributed by atoms with E-state index in [2.05, 4.69) is 5.32 Å². The van der Waals surface area contributed by atoms with Crippen LogP contribution < -0.4 is 5.32 Å². The van der Waals surface area contributed by atoms with Crippen molar-refractivity contribution >= 4 is 5.91 Å². The molecule has 0 spiro atoms. The number of fused-ring (bicyclic) bond motifs is 1. The second-order valence-electron chi connectivity index (χ2n) is 7.54. The lowest BCUT2D eigenvalue weighted by Gasteiger charge is -2.27. The van der Waals surface area contributed by atoms with Crippen LogP contribution in [0, 0.1) is 0 Å². The van der Waals surface area contributed by atoms with Crippen LogP contribution in [0.1, 0.15) is 58.8 Å². The number of aromatic hydroxyl groups is 1. The zero-order valence-corrected chi connectivity index (χ0v) is 16.0. The number of hydrogen-bond donors (Lipinski definition) is 2. The van der Waals surface area contributed by atoms with Gasteiger partial charge in [0, 0.05) is 18.8 Å². The Balaban J connectivity index is 1.46. The first-order chi connectivity index (χ1) is 13.7. The van der Waals surface area contributed by atoms with Crippen LogP contribution in [0.4, 0.5) is 0 Å². The number of carbonyl (C=O) groups excluding carboxylic acids is 1. The van der Waals surface area contributed by atoms with E-state index in [-0.39, 0.29) is 18.1 Å². The molecule has 0 aromatic heterocycles. The summed E-state index contributed by atoms with van der Waals surface area (Å²) in [5, 5.41) is 13.3. The van der Waals surface area contributed by atoms with Crippen LogP contribution in [0.3, 0.4) is 0 Å². The Hall–Kier alpha value is -2.37. The van der Waals surface area contributed by atoms with Crippen LogP contribution in [-0.2, 0) is 22.5 Å². The maximum absolute atomic E-state index is 13.0. The standard InChI is InChI=1S/C23H27NO4/c25-22-10-4-7-19-20(22)8-3-9-21(19)24-23(26)18-6-2-1-5-16(18)15-28-17-11-13-27-14-12-17/h1-2,4-7,10,17,21,25H,3,8-9,11-15H2,(H,24,26). The molecule has 0 radical (unpaired) electrons. The van der Waals surface area contributed by atoms with E-state index in [0.29, 0.717) is 17.9 Å². The van der Waals surface area contributed by atoms with Gasteiger partial charge in [-0.2, -0.15) is 0 Å². The largest absolute Gasteiger partial charge is 0.508 e. The molecule has 2 aromatic rings. The molecule has 1 atom stereocenters. The first kappa shape index (κ1) is 19.0. The number of nitrogens with one attached hydrogen (secondary N) is 1. The van der Waals surface area contributed by atoms with Gasteiger partial charge in [0.2, 0.25) is 0 Å². The second kappa shape index (κ2) is 8.76. The van der Waals surface area contributed by atoms with Crippen LogP contribution in [0.2, 0.25) is 0 Å². The Labute approximate surface area is 165 Å². The number of amides is 1. The summed E-state index contributed by atoms with van der Waals surface area (Å²) in [5.74, 6) is 0.231. The fourth-order valence-corrected chi connectivity index (χ4v) is 4.13. The van der Waals surface area contributed by atoms with Gasteiger partial charge in [0.15, 0.2) is 0 Å². The third-order valence-electron chi connectivity index (χ3n) is 5.69. The zero-order valence-electron chi connectivity index (χ0n) is 16.0. The molecule has 2 N–H and O–H groups in total.